The molecular weight excluding hydrogens is 730 g/mol. The molecule has 0 aliphatic heterocycles. The average Bonchev–Trinajstić information content (AvgIpc) is 3.69. The predicted molar refractivity (Wildman–Crippen MR) is 245 cm³/mol. The number of aromatic nitrogens is 1. The Morgan fingerprint density at radius 1 is 0.404 bits per heavy atom. The van der Waals surface area contributed by atoms with Gasteiger partial charge in [0, 0.05) is 42.3 Å². The zero-order valence-electron chi connectivity index (χ0n) is 30.8. The lowest BCUT2D eigenvalue weighted by molar-refractivity contribution is 0.592. The highest BCUT2D eigenvalue weighted by Crippen LogP contribution is 2.46. The van der Waals surface area contributed by atoms with Crippen LogP contribution in [-0.4, -0.2) is 4.98 Å². The second-order valence-corrected chi connectivity index (χ2v) is 18.4. The summed E-state index contributed by atoms with van der Waals surface area (Å²) in [7, 11) is -3.12. The van der Waals surface area contributed by atoms with E-state index in [1.807, 2.05) is 84.1 Å². The van der Waals surface area contributed by atoms with Gasteiger partial charge in [-0.25, -0.2) is 4.98 Å². The van der Waals surface area contributed by atoms with Gasteiger partial charge in [-0.15, -0.1) is 11.3 Å². The first kappa shape index (κ1) is 33.7. The SMILES string of the molecule is O=P(c1ccccc1)(c1ccccc1)c1cccc(-c2cccc(-c3ccc4nc(-c5cc6ccccc6c6ccccc56)c5sc6ccccc6c5c4c3)c2)c1. The molecule has 9 aromatic carbocycles. The van der Waals surface area contributed by atoms with Gasteiger partial charge in [-0.2, -0.15) is 0 Å². The Bertz CT molecular complexity index is 3350. The van der Waals surface area contributed by atoms with Crippen LogP contribution < -0.4 is 15.9 Å². The summed E-state index contributed by atoms with van der Waals surface area (Å²) in [5.74, 6) is 0. The maximum Gasteiger partial charge on any atom is 0.171 e. The maximum absolute atomic E-state index is 15.2. The van der Waals surface area contributed by atoms with Crippen molar-refractivity contribution in [1.82, 2.24) is 4.98 Å². The topological polar surface area (TPSA) is 30.0 Å². The van der Waals surface area contributed by atoms with Crippen LogP contribution in [0.25, 0.3) is 86.1 Å². The van der Waals surface area contributed by atoms with E-state index >= 15 is 4.57 Å². The first-order valence-electron chi connectivity index (χ1n) is 19.2. The minimum absolute atomic E-state index is 0.821. The average molecular weight is 764 g/mol. The summed E-state index contributed by atoms with van der Waals surface area (Å²) in [4.78, 5) is 5.49. The lowest BCUT2D eigenvalue weighted by Gasteiger charge is -2.20. The summed E-state index contributed by atoms with van der Waals surface area (Å²) >= 11 is 1.83. The Hall–Kier alpha value is -6.64. The van der Waals surface area contributed by atoms with Crippen molar-refractivity contribution in [1.29, 1.82) is 0 Å². The van der Waals surface area contributed by atoms with E-state index in [2.05, 4.69) is 133 Å². The van der Waals surface area contributed by atoms with Gasteiger partial charge in [0.2, 0.25) is 0 Å². The van der Waals surface area contributed by atoms with Crippen LogP contribution in [0.5, 0.6) is 0 Å². The van der Waals surface area contributed by atoms with Gasteiger partial charge in [0.05, 0.1) is 15.9 Å². The molecule has 57 heavy (non-hydrogen) atoms. The summed E-state index contributed by atoms with van der Waals surface area (Å²) in [6, 6.07) is 71.9. The third kappa shape index (κ3) is 5.54. The predicted octanol–water partition coefficient (Wildman–Crippen LogP) is 13.5. The molecular formula is C53H34NOPS. The zero-order chi connectivity index (χ0) is 37.9. The second kappa shape index (κ2) is 13.5. The van der Waals surface area contributed by atoms with Crippen molar-refractivity contribution in [2.75, 3.05) is 0 Å². The van der Waals surface area contributed by atoms with Gasteiger partial charge >= 0.3 is 0 Å². The molecule has 0 atom stereocenters. The fourth-order valence-corrected chi connectivity index (χ4v) is 12.5. The van der Waals surface area contributed by atoms with Crippen molar-refractivity contribution < 1.29 is 4.57 Å². The van der Waals surface area contributed by atoms with E-state index in [9.17, 15) is 0 Å². The summed E-state index contributed by atoms with van der Waals surface area (Å²) in [6.45, 7) is 0. The van der Waals surface area contributed by atoms with Gasteiger partial charge < -0.3 is 4.57 Å². The second-order valence-electron chi connectivity index (χ2n) is 14.6. The number of rotatable bonds is 6. The van der Waals surface area contributed by atoms with Crippen molar-refractivity contribution in [2.45, 2.75) is 0 Å². The molecule has 11 aromatic rings. The quantitative estimate of drug-likeness (QED) is 0.125. The van der Waals surface area contributed by atoms with E-state index in [4.69, 9.17) is 4.98 Å². The number of hydrogen-bond acceptors (Lipinski definition) is 3. The van der Waals surface area contributed by atoms with Crippen molar-refractivity contribution in [3.63, 3.8) is 0 Å². The minimum Gasteiger partial charge on any atom is -0.309 e. The summed E-state index contributed by atoms with van der Waals surface area (Å²) in [5.41, 5.74) is 7.51. The number of thiophene rings is 1. The molecule has 0 aliphatic rings. The van der Waals surface area contributed by atoms with Crippen molar-refractivity contribution in [3.8, 4) is 33.5 Å². The van der Waals surface area contributed by atoms with Gasteiger partial charge in [0.25, 0.3) is 0 Å². The number of benzene rings is 9. The Balaban J connectivity index is 1.07. The molecule has 2 aromatic heterocycles. The third-order valence-electron chi connectivity index (χ3n) is 11.3. The molecule has 0 bridgehead atoms. The van der Waals surface area contributed by atoms with Crippen LogP contribution >= 0.6 is 18.5 Å². The first-order valence-corrected chi connectivity index (χ1v) is 21.7. The Labute approximate surface area is 334 Å². The Kier molecular flexibility index (Phi) is 8.00. The van der Waals surface area contributed by atoms with Gasteiger partial charge in [-0.1, -0.05) is 170 Å². The van der Waals surface area contributed by atoms with Crippen LogP contribution in [0.2, 0.25) is 0 Å². The van der Waals surface area contributed by atoms with E-state index < -0.39 is 7.14 Å². The largest absolute Gasteiger partial charge is 0.309 e. The molecule has 0 unspecified atom stereocenters. The first-order chi connectivity index (χ1) is 28.1. The normalized spacial score (nSPS) is 11.9. The summed E-state index contributed by atoms with van der Waals surface area (Å²) in [5, 5.41) is 11.0. The van der Waals surface area contributed by atoms with Gasteiger partial charge in [0.15, 0.2) is 7.14 Å². The van der Waals surface area contributed by atoms with Crippen LogP contribution in [0.4, 0.5) is 0 Å². The summed E-state index contributed by atoms with van der Waals surface area (Å²) in [6.07, 6.45) is 0. The van der Waals surface area contributed by atoms with Crippen LogP contribution in [0.15, 0.2) is 206 Å². The number of hydrogen-bond donors (Lipinski definition) is 0. The molecule has 11 rings (SSSR count). The van der Waals surface area contributed by atoms with Gasteiger partial charge in [-0.05, 0) is 80.2 Å². The molecule has 0 N–H and O–H groups in total. The molecule has 268 valence electrons. The number of nitrogens with zero attached hydrogens (tertiary/aromatic N) is 1. The molecule has 0 fully saturated rings. The van der Waals surface area contributed by atoms with Gasteiger partial charge in [0.1, 0.15) is 0 Å². The number of fused-ring (bicyclic) bond motifs is 8. The fraction of sp³-hybridized carbons (Fsp3) is 0. The molecule has 0 spiro atoms. The molecule has 2 nitrogen and oxygen atoms in total. The maximum atomic E-state index is 15.2. The zero-order valence-corrected chi connectivity index (χ0v) is 32.6. The van der Waals surface area contributed by atoms with E-state index in [1.165, 1.54) is 41.7 Å². The standard InChI is InChI=1S/C53H34NOPS/c55-56(40-19-3-1-4-20-40,41-21-5-2-6-22-41)42-23-14-18-37(32-42)35-16-13-17-36(31-35)38-29-30-49-48(33-38)51-46-27-11-12-28-50(46)57-53(51)52(54-49)47-34-39-15-7-8-24-43(39)44-25-9-10-26-45(44)47/h1-34H. The van der Waals surface area contributed by atoms with Crippen molar-refractivity contribution in [2.24, 2.45) is 0 Å². The lowest BCUT2D eigenvalue weighted by Crippen LogP contribution is -2.25. The fourth-order valence-electron chi connectivity index (χ4n) is 8.58. The van der Waals surface area contributed by atoms with E-state index in [-0.39, 0.29) is 0 Å². The van der Waals surface area contributed by atoms with Crippen molar-refractivity contribution in [3.05, 3.63) is 206 Å². The Morgan fingerprint density at radius 3 is 1.70 bits per heavy atom. The molecule has 0 amide bonds. The van der Waals surface area contributed by atoms with E-state index in [1.54, 1.807) is 0 Å². The highest BCUT2D eigenvalue weighted by atomic mass is 32.1. The molecule has 0 saturated heterocycles. The van der Waals surface area contributed by atoms with E-state index in [0.717, 1.165) is 60.3 Å². The number of pyridine rings is 1. The molecule has 2 heterocycles. The van der Waals surface area contributed by atoms with Crippen LogP contribution in [-0.2, 0) is 4.57 Å². The van der Waals surface area contributed by atoms with Crippen molar-refractivity contribution >= 4 is 87.0 Å². The molecule has 0 saturated carbocycles. The summed E-state index contributed by atoms with van der Waals surface area (Å²) < 4.78 is 17.7. The minimum atomic E-state index is -3.12. The van der Waals surface area contributed by atoms with Crippen LogP contribution in [0, 0.1) is 0 Å². The van der Waals surface area contributed by atoms with Crippen LogP contribution in [0.3, 0.4) is 0 Å². The highest BCUT2D eigenvalue weighted by molar-refractivity contribution is 7.85. The lowest BCUT2D eigenvalue weighted by atomic mass is 9.93. The highest BCUT2D eigenvalue weighted by Gasteiger charge is 2.30. The Morgan fingerprint density at radius 2 is 0.965 bits per heavy atom. The molecule has 0 radical (unpaired) electrons. The van der Waals surface area contributed by atoms with Gasteiger partial charge in [-0.3, -0.25) is 0 Å². The third-order valence-corrected chi connectivity index (χ3v) is 15.5. The smallest absolute Gasteiger partial charge is 0.171 e. The molecule has 4 heteroatoms. The van der Waals surface area contributed by atoms with E-state index in [0.29, 0.717) is 0 Å². The molecule has 0 aliphatic carbocycles. The van der Waals surface area contributed by atoms with Crippen LogP contribution in [0.1, 0.15) is 0 Å². The monoisotopic (exact) mass is 763 g/mol.